The standard InChI is InChI=1S/C23H42N.BrH/c1-4-5-6-7-8-9-10-11-12-13-14-15-16-17-20-24-21-18-19-22(2)23(24)3;/h18-19,21H,4-17,20H2,1-3H3;1H/q+1;/p-1. The molecule has 25 heavy (non-hydrogen) atoms. The third-order valence-corrected chi connectivity index (χ3v) is 5.37. The number of hydrogen-bond acceptors (Lipinski definition) is 0. The first-order valence-corrected chi connectivity index (χ1v) is 10.7. The van der Waals surface area contributed by atoms with Gasteiger partial charge in [0.1, 0.15) is 6.54 Å². The van der Waals surface area contributed by atoms with Crippen LogP contribution in [0.1, 0.15) is 108 Å². The lowest BCUT2D eigenvalue weighted by atomic mass is 10.0. The van der Waals surface area contributed by atoms with Crippen LogP contribution in [0.3, 0.4) is 0 Å². The Morgan fingerprint density at radius 3 is 1.60 bits per heavy atom. The van der Waals surface area contributed by atoms with Crippen molar-refractivity contribution in [3.63, 3.8) is 0 Å². The largest absolute Gasteiger partial charge is 1.00 e. The van der Waals surface area contributed by atoms with Crippen molar-refractivity contribution in [1.29, 1.82) is 0 Å². The second-order valence-electron chi connectivity index (χ2n) is 7.57. The van der Waals surface area contributed by atoms with E-state index in [-0.39, 0.29) is 17.0 Å². The van der Waals surface area contributed by atoms with Crippen LogP contribution in [0.25, 0.3) is 0 Å². The van der Waals surface area contributed by atoms with Crippen molar-refractivity contribution in [2.24, 2.45) is 0 Å². The van der Waals surface area contributed by atoms with Gasteiger partial charge in [0.05, 0.1) is 0 Å². The summed E-state index contributed by atoms with van der Waals surface area (Å²) >= 11 is 0. The Morgan fingerprint density at radius 2 is 1.12 bits per heavy atom. The average molecular weight is 412 g/mol. The maximum atomic E-state index is 2.41. The molecule has 0 unspecified atom stereocenters. The van der Waals surface area contributed by atoms with E-state index in [0.717, 1.165) is 0 Å². The predicted molar refractivity (Wildman–Crippen MR) is 106 cm³/mol. The van der Waals surface area contributed by atoms with Gasteiger partial charge in [0.25, 0.3) is 0 Å². The van der Waals surface area contributed by atoms with Gasteiger partial charge in [0.2, 0.25) is 0 Å². The molecule has 0 radical (unpaired) electrons. The lowest BCUT2D eigenvalue weighted by Crippen LogP contribution is -3.00. The lowest BCUT2D eigenvalue weighted by Gasteiger charge is -2.04. The fraction of sp³-hybridized carbons (Fsp3) is 0.783. The minimum Gasteiger partial charge on any atom is -1.00 e. The third kappa shape index (κ3) is 12.6. The number of unbranched alkanes of at least 4 members (excludes halogenated alkanes) is 13. The van der Waals surface area contributed by atoms with Crippen LogP contribution in [-0.2, 0) is 6.54 Å². The zero-order valence-electron chi connectivity index (χ0n) is 17.2. The van der Waals surface area contributed by atoms with Crippen molar-refractivity contribution in [3.8, 4) is 0 Å². The van der Waals surface area contributed by atoms with Gasteiger partial charge in [-0.05, 0) is 19.4 Å². The first-order valence-electron chi connectivity index (χ1n) is 10.7. The fourth-order valence-corrected chi connectivity index (χ4v) is 3.47. The molecule has 0 aromatic carbocycles. The Hall–Kier alpha value is -0.370. The molecular formula is C23H42BrN. The van der Waals surface area contributed by atoms with Gasteiger partial charge in [-0.1, -0.05) is 84.0 Å². The molecule has 0 aliphatic heterocycles. The SMILES string of the molecule is CCCCCCCCCCCCCCCC[n+]1cccc(C)c1C.[Br-]. The first kappa shape index (κ1) is 24.6. The number of aryl methyl sites for hydroxylation is 2. The first-order chi connectivity index (χ1) is 11.8. The zero-order valence-corrected chi connectivity index (χ0v) is 18.7. The van der Waals surface area contributed by atoms with Crippen LogP contribution in [0.4, 0.5) is 0 Å². The van der Waals surface area contributed by atoms with Crippen LogP contribution in [0.15, 0.2) is 18.3 Å². The van der Waals surface area contributed by atoms with Crippen molar-refractivity contribution in [2.75, 3.05) is 0 Å². The highest BCUT2D eigenvalue weighted by Gasteiger charge is 2.06. The highest BCUT2D eigenvalue weighted by atomic mass is 79.9. The molecule has 0 fully saturated rings. The third-order valence-electron chi connectivity index (χ3n) is 5.37. The van der Waals surface area contributed by atoms with Gasteiger partial charge in [0, 0.05) is 25.0 Å². The summed E-state index contributed by atoms with van der Waals surface area (Å²) < 4.78 is 2.41. The number of hydrogen-bond donors (Lipinski definition) is 0. The molecule has 146 valence electrons. The number of pyridine rings is 1. The lowest BCUT2D eigenvalue weighted by molar-refractivity contribution is -0.703. The van der Waals surface area contributed by atoms with Gasteiger partial charge in [0.15, 0.2) is 11.9 Å². The normalized spacial score (nSPS) is 10.7. The minimum absolute atomic E-state index is 0. The van der Waals surface area contributed by atoms with E-state index in [2.05, 4.69) is 43.7 Å². The summed E-state index contributed by atoms with van der Waals surface area (Å²) in [7, 11) is 0. The van der Waals surface area contributed by atoms with Crippen molar-refractivity contribution in [2.45, 2.75) is 117 Å². The minimum atomic E-state index is 0. The molecule has 1 aromatic heterocycles. The molecule has 0 N–H and O–H groups in total. The van der Waals surface area contributed by atoms with Crippen molar-refractivity contribution in [3.05, 3.63) is 29.6 Å². The molecule has 0 aliphatic carbocycles. The molecule has 1 heterocycles. The van der Waals surface area contributed by atoms with Crippen LogP contribution in [0.2, 0.25) is 0 Å². The Kier molecular flexibility index (Phi) is 16.8. The van der Waals surface area contributed by atoms with Gasteiger partial charge in [-0.15, -0.1) is 0 Å². The van der Waals surface area contributed by atoms with E-state index in [9.17, 15) is 0 Å². The van der Waals surface area contributed by atoms with Crippen LogP contribution in [0, 0.1) is 13.8 Å². The molecule has 1 nitrogen and oxygen atoms in total. The topological polar surface area (TPSA) is 3.88 Å². The van der Waals surface area contributed by atoms with Gasteiger partial charge >= 0.3 is 0 Å². The van der Waals surface area contributed by atoms with Gasteiger partial charge < -0.3 is 17.0 Å². The van der Waals surface area contributed by atoms with Crippen molar-refractivity contribution >= 4 is 0 Å². The van der Waals surface area contributed by atoms with Crippen molar-refractivity contribution in [1.82, 2.24) is 0 Å². The Bertz CT molecular complexity index is 417. The molecule has 0 aliphatic rings. The second kappa shape index (κ2) is 17.1. The molecule has 1 aromatic rings. The average Bonchev–Trinajstić information content (AvgIpc) is 2.58. The van der Waals surface area contributed by atoms with E-state index in [1.54, 1.807) is 0 Å². The van der Waals surface area contributed by atoms with Crippen molar-refractivity contribution < 1.29 is 21.5 Å². The molecule has 2 heteroatoms. The Morgan fingerprint density at radius 1 is 0.680 bits per heavy atom. The quantitative estimate of drug-likeness (QED) is 0.302. The van der Waals surface area contributed by atoms with Crippen LogP contribution in [-0.4, -0.2) is 0 Å². The van der Waals surface area contributed by atoms with Crippen LogP contribution >= 0.6 is 0 Å². The molecule has 0 saturated heterocycles. The van der Waals surface area contributed by atoms with E-state index >= 15 is 0 Å². The monoisotopic (exact) mass is 411 g/mol. The number of rotatable bonds is 15. The zero-order chi connectivity index (χ0) is 17.5. The summed E-state index contributed by atoms with van der Waals surface area (Å²) in [6.45, 7) is 7.92. The van der Waals surface area contributed by atoms with Gasteiger partial charge in [-0.2, -0.15) is 0 Å². The number of nitrogens with zero attached hydrogens (tertiary/aromatic N) is 1. The van der Waals surface area contributed by atoms with Gasteiger partial charge in [-0.25, -0.2) is 4.57 Å². The highest BCUT2D eigenvalue weighted by Crippen LogP contribution is 2.13. The van der Waals surface area contributed by atoms with E-state index in [4.69, 9.17) is 0 Å². The summed E-state index contributed by atoms with van der Waals surface area (Å²) in [5.74, 6) is 0. The van der Waals surface area contributed by atoms with Crippen LogP contribution < -0.4 is 21.5 Å². The summed E-state index contributed by atoms with van der Waals surface area (Å²) in [6, 6.07) is 4.38. The molecule has 0 amide bonds. The summed E-state index contributed by atoms with van der Waals surface area (Å²) in [6.07, 6.45) is 22.3. The molecule has 0 bridgehead atoms. The Labute approximate surface area is 168 Å². The second-order valence-corrected chi connectivity index (χ2v) is 7.57. The summed E-state index contributed by atoms with van der Waals surface area (Å²) in [4.78, 5) is 0. The molecule has 1 rings (SSSR count). The Balaban J connectivity index is 0.00000576. The summed E-state index contributed by atoms with van der Waals surface area (Å²) in [5.41, 5.74) is 2.83. The van der Waals surface area contributed by atoms with E-state index < -0.39 is 0 Å². The maximum Gasteiger partial charge on any atom is 0.181 e. The van der Waals surface area contributed by atoms with Crippen LogP contribution in [0.5, 0.6) is 0 Å². The smallest absolute Gasteiger partial charge is 0.181 e. The summed E-state index contributed by atoms with van der Waals surface area (Å²) in [5, 5.41) is 0. The fourth-order valence-electron chi connectivity index (χ4n) is 3.47. The van der Waals surface area contributed by atoms with E-state index in [1.807, 2.05) is 0 Å². The molecule has 0 atom stereocenters. The molecule has 0 saturated carbocycles. The highest BCUT2D eigenvalue weighted by molar-refractivity contribution is 5.11. The molecule has 0 spiro atoms. The van der Waals surface area contributed by atoms with E-state index in [1.165, 1.54) is 108 Å². The predicted octanol–water partition coefficient (Wildman–Crippen LogP) is 4.08. The molecular weight excluding hydrogens is 370 g/mol. The maximum absolute atomic E-state index is 2.41. The van der Waals surface area contributed by atoms with E-state index in [0.29, 0.717) is 0 Å². The van der Waals surface area contributed by atoms with Gasteiger partial charge in [-0.3, -0.25) is 0 Å². The number of aromatic nitrogens is 1. The number of halogens is 1.